The van der Waals surface area contributed by atoms with Crippen molar-refractivity contribution in [3.8, 4) is 0 Å². The Morgan fingerprint density at radius 2 is 2.26 bits per heavy atom. The molecule has 2 aromatic heterocycles. The minimum absolute atomic E-state index is 0.208. The van der Waals surface area contributed by atoms with Gasteiger partial charge in [-0.1, -0.05) is 18.6 Å². The van der Waals surface area contributed by atoms with Crippen molar-refractivity contribution < 1.29 is 4.74 Å². The Balaban J connectivity index is 1.60. The first kappa shape index (κ1) is 14.6. The smallest absolute Gasteiger partial charge is 0.132 e. The molecule has 7 nitrogen and oxygen atoms in total. The van der Waals surface area contributed by atoms with Crippen molar-refractivity contribution in [2.45, 2.75) is 51.9 Å². The molecule has 0 spiro atoms. The van der Waals surface area contributed by atoms with Gasteiger partial charge in [-0.2, -0.15) is 0 Å². The number of anilines is 1. The Hall–Kier alpha value is -2.02. The van der Waals surface area contributed by atoms with E-state index < -0.39 is 0 Å². The summed E-state index contributed by atoms with van der Waals surface area (Å²) in [6, 6.07) is 2.34. The largest absolute Gasteiger partial charge is 0.370 e. The van der Waals surface area contributed by atoms with Crippen LogP contribution in [-0.2, 0) is 17.8 Å². The van der Waals surface area contributed by atoms with Gasteiger partial charge in [-0.15, -0.1) is 5.10 Å². The van der Waals surface area contributed by atoms with E-state index in [1.165, 1.54) is 0 Å². The van der Waals surface area contributed by atoms with Gasteiger partial charge in [0.25, 0.3) is 0 Å². The molecule has 122 valence electrons. The highest BCUT2D eigenvalue weighted by Crippen LogP contribution is 2.31. The SMILES string of the molecule is CCCc1cc(N2CC[C@@H]3OCc4cnnn4[C@@H]3C2)nc(C)n1. The van der Waals surface area contributed by atoms with Crippen LogP contribution in [0, 0.1) is 6.92 Å². The van der Waals surface area contributed by atoms with Crippen LogP contribution in [0.15, 0.2) is 12.3 Å². The predicted molar refractivity (Wildman–Crippen MR) is 85.2 cm³/mol. The van der Waals surface area contributed by atoms with Crippen LogP contribution in [0.2, 0.25) is 0 Å². The molecular formula is C16H22N6O. The van der Waals surface area contributed by atoms with Crippen molar-refractivity contribution >= 4 is 5.82 Å². The van der Waals surface area contributed by atoms with Gasteiger partial charge in [-0.25, -0.2) is 14.6 Å². The van der Waals surface area contributed by atoms with E-state index in [9.17, 15) is 0 Å². The van der Waals surface area contributed by atoms with E-state index >= 15 is 0 Å². The monoisotopic (exact) mass is 314 g/mol. The van der Waals surface area contributed by atoms with Crippen LogP contribution in [0.1, 0.15) is 43.0 Å². The van der Waals surface area contributed by atoms with E-state index in [1.54, 1.807) is 6.20 Å². The van der Waals surface area contributed by atoms with Crippen LogP contribution >= 0.6 is 0 Å². The number of hydrogen-bond acceptors (Lipinski definition) is 6. The van der Waals surface area contributed by atoms with E-state index in [2.05, 4.69) is 38.2 Å². The highest BCUT2D eigenvalue weighted by Gasteiger charge is 2.36. The Bertz CT molecular complexity index is 700. The molecule has 0 unspecified atom stereocenters. The van der Waals surface area contributed by atoms with Gasteiger partial charge in [0.1, 0.15) is 11.6 Å². The van der Waals surface area contributed by atoms with Gasteiger partial charge >= 0.3 is 0 Å². The van der Waals surface area contributed by atoms with Gasteiger partial charge in [0, 0.05) is 24.8 Å². The van der Waals surface area contributed by atoms with Crippen LogP contribution in [0.3, 0.4) is 0 Å². The molecule has 23 heavy (non-hydrogen) atoms. The van der Waals surface area contributed by atoms with Gasteiger partial charge in [-0.3, -0.25) is 0 Å². The summed E-state index contributed by atoms with van der Waals surface area (Å²) in [6.07, 6.45) is 5.08. The van der Waals surface area contributed by atoms with Crippen LogP contribution in [0.4, 0.5) is 5.82 Å². The van der Waals surface area contributed by atoms with E-state index in [0.717, 1.165) is 55.4 Å². The lowest BCUT2D eigenvalue weighted by Crippen LogP contribution is -2.48. The van der Waals surface area contributed by atoms with Crippen LogP contribution < -0.4 is 4.90 Å². The summed E-state index contributed by atoms with van der Waals surface area (Å²) in [7, 11) is 0. The number of fused-ring (bicyclic) bond motifs is 3. The van der Waals surface area contributed by atoms with Crippen LogP contribution in [0.25, 0.3) is 0 Å². The molecule has 2 aliphatic rings. The number of rotatable bonds is 3. The third-order valence-corrected chi connectivity index (χ3v) is 4.64. The number of ether oxygens (including phenoxy) is 1. The zero-order valence-corrected chi connectivity index (χ0v) is 13.6. The lowest BCUT2D eigenvalue weighted by Gasteiger charge is -2.41. The van der Waals surface area contributed by atoms with Crippen LogP contribution in [-0.4, -0.2) is 44.2 Å². The van der Waals surface area contributed by atoms with Crippen molar-refractivity contribution in [3.05, 3.63) is 29.5 Å². The predicted octanol–water partition coefficient (Wildman–Crippen LogP) is 1.68. The summed E-state index contributed by atoms with van der Waals surface area (Å²) in [4.78, 5) is 11.5. The number of nitrogens with zero attached hydrogens (tertiary/aromatic N) is 6. The lowest BCUT2D eigenvalue weighted by molar-refractivity contribution is -0.0373. The molecule has 0 aliphatic carbocycles. The first-order valence-corrected chi connectivity index (χ1v) is 8.34. The van der Waals surface area contributed by atoms with E-state index in [0.29, 0.717) is 6.61 Å². The maximum Gasteiger partial charge on any atom is 0.132 e. The number of hydrogen-bond donors (Lipinski definition) is 0. The first-order chi connectivity index (χ1) is 11.2. The summed E-state index contributed by atoms with van der Waals surface area (Å²) >= 11 is 0. The molecule has 2 aliphatic heterocycles. The van der Waals surface area contributed by atoms with Crippen molar-refractivity contribution in [1.29, 1.82) is 0 Å². The first-order valence-electron chi connectivity index (χ1n) is 8.34. The molecule has 0 bridgehead atoms. The molecular weight excluding hydrogens is 292 g/mol. The molecule has 7 heteroatoms. The average molecular weight is 314 g/mol. The summed E-state index contributed by atoms with van der Waals surface area (Å²) in [6.45, 7) is 6.56. The second kappa shape index (κ2) is 5.88. The van der Waals surface area contributed by atoms with Gasteiger partial charge in [0.15, 0.2) is 0 Å². The quantitative estimate of drug-likeness (QED) is 0.858. The zero-order chi connectivity index (χ0) is 15.8. The number of aromatic nitrogens is 5. The van der Waals surface area contributed by atoms with Gasteiger partial charge in [0.05, 0.1) is 30.6 Å². The molecule has 0 amide bonds. The molecule has 0 radical (unpaired) electrons. The molecule has 1 saturated heterocycles. The number of aryl methyl sites for hydroxylation is 2. The molecule has 2 atom stereocenters. The molecule has 4 rings (SSSR count). The van der Waals surface area contributed by atoms with Crippen molar-refractivity contribution in [1.82, 2.24) is 25.0 Å². The van der Waals surface area contributed by atoms with E-state index in [1.807, 2.05) is 11.6 Å². The Labute approximate surface area is 135 Å². The Morgan fingerprint density at radius 3 is 3.13 bits per heavy atom. The van der Waals surface area contributed by atoms with Crippen molar-refractivity contribution in [2.75, 3.05) is 18.0 Å². The van der Waals surface area contributed by atoms with Gasteiger partial charge in [0.2, 0.25) is 0 Å². The Morgan fingerprint density at radius 1 is 1.35 bits per heavy atom. The minimum Gasteiger partial charge on any atom is -0.370 e. The summed E-state index contributed by atoms with van der Waals surface area (Å²) in [5, 5.41) is 8.30. The van der Waals surface area contributed by atoms with Crippen molar-refractivity contribution in [3.63, 3.8) is 0 Å². The van der Waals surface area contributed by atoms with E-state index in [-0.39, 0.29) is 12.1 Å². The second-order valence-electron chi connectivity index (χ2n) is 6.34. The summed E-state index contributed by atoms with van der Waals surface area (Å²) in [5.74, 6) is 1.86. The molecule has 1 fully saturated rings. The molecule has 0 saturated carbocycles. The standard InChI is InChI=1S/C16H22N6O/c1-3-4-12-7-16(19-11(2)18-12)21-6-5-15-14(9-21)22-13(10-23-15)8-17-20-22/h7-8,14-15H,3-6,9-10H2,1-2H3/t14-,15+/m1/s1. The fourth-order valence-electron chi connectivity index (χ4n) is 3.55. The van der Waals surface area contributed by atoms with Gasteiger partial charge < -0.3 is 9.64 Å². The normalized spacial score (nSPS) is 23.5. The van der Waals surface area contributed by atoms with E-state index in [4.69, 9.17) is 4.74 Å². The third kappa shape index (κ3) is 2.69. The topological polar surface area (TPSA) is 69.0 Å². The summed E-state index contributed by atoms with van der Waals surface area (Å²) < 4.78 is 8.01. The lowest BCUT2D eigenvalue weighted by atomic mass is 10.0. The highest BCUT2D eigenvalue weighted by molar-refractivity contribution is 5.41. The molecule has 0 N–H and O–H groups in total. The maximum atomic E-state index is 5.98. The zero-order valence-electron chi connectivity index (χ0n) is 13.6. The third-order valence-electron chi connectivity index (χ3n) is 4.64. The summed E-state index contributed by atoms with van der Waals surface area (Å²) in [5.41, 5.74) is 2.18. The molecule has 2 aromatic rings. The average Bonchev–Trinajstić information content (AvgIpc) is 3.03. The highest BCUT2D eigenvalue weighted by atomic mass is 16.5. The molecule has 0 aromatic carbocycles. The maximum absolute atomic E-state index is 5.98. The van der Waals surface area contributed by atoms with Crippen LogP contribution in [0.5, 0.6) is 0 Å². The van der Waals surface area contributed by atoms with Crippen molar-refractivity contribution in [2.24, 2.45) is 0 Å². The fraction of sp³-hybridized carbons (Fsp3) is 0.625. The fourth-order valence-corrected chi connectivity index (χ4v) is 3.55. The molecule has 4 heterocycles. The second-order valence-corrected chi connectivity index (χ2v) is 6.34. The minimum atomic E-state index is 0.208. The number of piperidine rings is 1. The van der Waals surface area contributed by atoms with Gasteiger partial charge in [-0.05, 0) is 19.8 Å². The Kier molecular flexibility index (Phi) is 3.72.